The molecule has 4 aromatic heterocycles. The Kier molecular flexibility index (Phi) is 14.7. The van der Waals surface area contributed by atoms with Crippen LogP contribution in [0.5, 0.6) is 0 Å². The van der Waals surface area contributed by atoms with Crippen molar-refractivity contribution in [3.8, 4) is 0 Å². The number of thiophene rings is 2. The van der Waals surface area contributed by atoms with Crippen LogP contribution in [0.2, 0.25) is 0 Å². The highest BCUT2D eigenvalue weighted by Crippen LogP contribution is 2.38. The van der Waals surface area contributed by atoms with Crippen molar-refractivity contribution in [2.75, 3.05) is 13.7 Å². The van der Waals surface area contributed by atoms with Gasteiger partial charge in [0, 0.05) is 23.9 Å². The Morgan fingerprint density at radius 3 is 1.61 bits per heavy atom. The minimum absolute atomic E-state index is 0.00274. The fourth-order valence-corrected chi connectivity index (χ4v) is 7.64. The number of nitrogens with zero attached hydrogens (tertiary/aromatic N) is 2. The molecule has 0 saturated heterocycles. The number of carboxylic acid groups (broad SMARTS) is 1. The zero-order valence-electron chi connectivity index (χ0n) is 33.7. The molecule has 0 bridgehead atoms. The summed E-state index contributed by atoms with van der Waals surface area (Å²) < 4.78 is 89.6. The van der Waals surface area contributed by atoms with E-state index in [1.54, 1.807) is 69.6 Å². The Morgan fingerprint density at radius 1 is 0.719 bits per heavy atom. The van der Waals surface area contributed by atoms with Crippen molar-refractivity contribution < 1.29 is 69.7 Å². The van der Waals surface area contributed by atoms with Gasteiger partial charge < -0.3 is 35.8 Å². The van der Waals surface area contributed by atoms with Gasteiger partial charge in [-0.2, -0.15) is 36.5 Å². The maximum Gasteiger partial charge on any atom is 0.418 e. The van der Waals surface area contributed by atoms with E-state index in [4.69, 9.17) is 9.84 Å². The molecule has 4 heterocycles. The summed E-state index contributed by atoms with van der Waals surface area (Å²) in [7, 11) is 1.01. The van der Waals surface area contributed by atoms with Crippen molar-refractivity contribution in [3.05, 3.63) is 103 Å². The first-order valence-corrected chi connectivity index (χ1v) is 20.0. The molecule has 4 amide bonds. The number of alkyl halides is 6. The lowest BCUT2D eigenvalue weighted by molar-refractivity contribution is -0.142. The van der Waals surface area contributed by atoms with Gasteiger partial charge >= 0.3 is 30.4 Å². The highest BCUT2D eigenvalue weighted by atomic mass is 32.1. The number of rotatable bonds is 12. The van der Waals surface area contributed by atoms with Gasteiger partial charge in [-0.15, -0.1) is 22.7 Å². The molecule has 0 spiro atoms. The summed E-state index contributed by atoms with van der Waals surface area (Å²) >= 11 is 0.603. The van der Waals surface area contributed by atoms with Crippen LogP contribution in [0.1, 0.15) is 81.7 Å². The van der Waals surface area contributed by atoms with Crippen molar-refractivity contribution >= 4 is 80.2 Å². The number of carbonyl (C=O) groups is 6. The van der Waals surface area contributed by atoms with Crippen molar-refractivity contribution in [2.45, 2.75) is 57.9 Å². The van der Waals surface area contributed by atoms with Crippen molar-refractivity contribution in [3.63, 3.8) is 0 Å². The van der Waals surface area contributed by atoms with Crippen LogP contribution in [-0.4, -0.2) is 86.6 Å². The van der Waals surface area contributed by atoms with Gasteiger partial charge in [0.1, 0.15) is 21.4 Å². The lowest BCUT2D eigenvalue weighted by Crippen LogP contribution is -2.49. The van der Waals surface area contributed by atoms with E-state index in [2.05, 4.69) is 46.4 Å². The second-order valence-electron chi connectivity index (χ2n) is 14.3. The number of hydrogen-bond donors (Lipinski definition) is 7. The number of H-pyrrole nitrogens is 2. The van der Waals surface area contributed by atoms with Crippen LogP contribution in [0.15, 0.2) is 60.9 Å². The van der Waals surface area contributed by atoms with Gasteiger partial charge in [0.05, 0.1) is 58.0 Å². The van der Waals surface area contributed by atoms with Gasteiger partial charge in [0.2, 0.25) is 0 Å². The minimum atomic E-state index is -4.97. The molecule has 0 aliphatic carbocycles. The van der Waals surface area contributed by atoms with E-state index in [0.717, 1.165) is 34.5 Å². The highest BCUT2D eigenvalue weighted by molar-refractivity contribution is 7.16. The maximum absolute atomic E-state index is 13.8. The molecule has 0 saturated carbocycles. The summed E-state index contributed by atoms with van der Waals surface area (Å²) in [6.07, 6.45) is -7.60. The molecule has 6 aromatic rings. The number of fused-ring (bicyclic) bond motifs is 2. The molecule has 17 nitrogen and oxygen atoms in total. The van der Waals surface area contributed by atoms with E-state index >= 15 is 0 Å². The molecule has 1 atom stereocenters. The Bertz CT molecular complexity index is 2700. The monoisotopic (exact) mass is 938 g/mol. The lowest BCUT2D eigenvalue weighted by Gasteiger charge is -2.21. The first-order valence-electron chi connectivity index (χ1n) is 18.4. The summed E-state index contributed by atoms with van der Waals surface area (Å²) in [6, 6.07) is 10.1. The van der Waals surface area contributed by atoms with Crippen molar-refractivity contribution in [2.24, 2.45) is 0 Å². The lowest BCUT2D eigenvalue weighted by atomic mass is 10.1. The second kappa shape index (κ2) is 19.6. The summed E-state index contributed by atoms with van der Waals surface area (Å²) in [4.78, 5) is 70.3. The maximum atomic E-state index is 13.8. The number of benzene rings is 2. The van der Waals surface area contributed by atoms with Gasteiger partial charge in [-0.1, -0.05) is 24.3 Å². The standard InChI is InChI=1S/C24H26F3N5O6S.C15H10F3N3O3S/c1-23(2,3)38-22(36)29-11-16(21(35)37-4)31-20(34)18-14(24(25,26)27)8-17(39-18)19(33)28-9-12-6-5-7-15-13(12)10-30-32-15;16-15(17,18)9-4-11(25-12(9)14(23)24)13(22)19-5-7-2-1-3-10-8(7)6-20-21-10/h5-8,10,16H,9,11H2,1-4H3,(H,28,33)(H,29,36)(H,30,32)(H,31,34);1-4,6H,5H2,(H,19,22)(H,20,21)(H,23,24)/t16-;/m0./s1. The minimum Gasteiger partial charge on any atom is -0.477 e. The van der Waals surface area contributed by atoms with Crippen LogP contribution < -0.4 is 21.3 Å². The molecule has 0 unspecified atom stereocenters. The summed E-state index contributed by atoms with van der Waals surface area (Å²) in [5.74, 6) is -5.63. The van der Waals surface area contributed by atoms with Crippen molar-refractivity contribution in [1.29, 1.82) is 0 Å². The van der Waals surface area contributed by atoms with Gasteiger partial charge in [-0.25, -0.2) is 14.4 Å². The van der Waals surface area contributed by atoms with Gasteiger partial charge in [-0.05, 0) is 56.2 Å². The number of carbonyl (C=O) groups excluding carboxylic acids is 5. The van der Waals surface area contributed by atoms with Crippen LogP contribution in [0.25, 0.3) is 21.8 Å². The molecule has 2 aromatic carbocycles. The molecular weight excluding hydrogens is 903 g/mol. The average molecular weight is 939 g/mol. The van der Waals surface area contributed by atoms with Crippen LogP contribution >= 0.6 is 22.7 Å². The van der Waals surface area contributed by atoms with E-state index in [-0.39, 0.29) is 22.8 Å². The summed E-state index contributed by atoms with van der Waals surface area (Å²) in [5, 5.41) is 33.2. The van der Waals surface area contributed by atoms with E-state index in [1.165, 1.54) is 0 Å². The topological polar surface area (TPSA) is 247 Å². The number of aromatic nitrogens is 4. The number of halogens is 6. The molecule has 7 N–H and O–H groups in total. The molecule has 0 radical (unpaired) electrons. The molecule has 6 rings (SSSR count). The predicted octanol–water partition coefficient (Wildman–Crippen LogP) is 6.64. The zero-order valence-corrected chi connectivity index (χ0v) is 35.3. The number of hydrogen-bond acceptors (Lipinski definition) is 12. The number of ether oxygens (including phenoxy) is 2. The first-order chi connectivity index (χ1) is 30.0. The number of amides is 4. The quantitative estimate of drug-likeness (QED) is 0.0506. The Labute approximate surface area is 364 Å². The molecule has 0 fully saturated rings. The average Bonchev–Trinajstić information content (AvgIpc) is 4.05. The number of nitrogens with one attached hydrogen (secondary N) is 6. The number of alkyl carbamates (subject to hydrolysis) is 1. The number of methoxy groups -OCH3 is 1. The normalized spacial score (nSPS) is 12.2. The third-order valence-corrected chi connectivity index (χ3v) is 10.8. The number of aromatic carboxylic acids is 1. The third-order valence-electron chi connectivity index (χ3n) is 8.59. The van der Waals surface area contributed by atoms with Crippen LogP contribution in [0.4, 0.5) is 31.1 Å². The van der Waals surface area contributed by atoms with E-state index in [1.807, 2.05) is 0 Å². The Morgan fingerprint density at radius 2 is 1.19 bits per heavy atom. The zero-order chi connectivity index (χ0) is 47.1. The molecule has 64 heavy (non-hydrogen) atoms. The van der Waals surface area contributed by atoms with Crippen LogP contribution in [0, 0.1) is 0 Å². The highest BCUT2D eigenvalue weighted by Gasteiger charge is 2.40. The van der Waals surface area contributed by atoms with Gasteiger partial charge in [0.15, 0.2) is 0 Å². The van der Waals surface area contributed by atoms with Crippen molar-refractivity contribution in [1.82, 2.24) is 41.7 Å². The van der Waals surface area contributed by atoms with E-state index in [9.17, 15) is 55.1 Å². The Hall–Kier alpha value is -7.02. The largest absolute Gasteiger partial charge is 0.477 e. The second-order valence-corrected chi connectivity index (χ2v) is 16.4. The molecular formula is C39H36F6N8O9S2. The van der Waals surface area contributed by atoms with Gasteiger partial charge in [-0.3, -0.25) is 24.6 Å². The van der Waals surface area contributed by atoms with Crippen LogP contribution in [0.3, 0.4) is 0 Å². The third kappa shape index (κ3) is 12.1. The SMILES string of the molecule is COC(=O)[C@H](CNC(=O)OC(C)(C)C)NC(=O)c1sc(C(=O)NCc2cccc3[nH]ncc23)cc1C(F)(F)F.O=C(NCc1cccc2[nH]ncc12)c1cc(C(F)(F)F)c(C(=O)O)s1. The fourth-order valence-electron chi connectivity index (χ4n) is 5.71. The number of esters is 1. The predicted molar refractivity (Wildman–Crippen MR) is 218 cm³/mol. The van der Waals surface area contributed by atoms with E-state index in [0.29, 0.717) is 40.4 Å². The molecule has 0 aliphatic heterocycles. The van der Waals surface area contributed by atoms with Crippen LogP contribution in [-0.2, 0) is 39.7 Å². The first kappa shape index (κ1) is 48.0. The fraction of sp³-hybridized carbons (Fsp3) is 0.282. The molecule has 340 valence electrons. The smallest absolute Gasteiger partial charge is 0.418 e. The van der Waals surface area contributed by atoms with Gasteiger partial charge in [0.25, 0.3) is 17.7 Å². The Balaban J connectivity index is 0.000000264. The summed E-state index contributed by atoms with van der Waals surface area (Å²) in [5.41, 5.74) is -0.644. The number of aromatic amines is 2. The number of carboxylic acids is 1. The molecule has 25 heteroatoms. The molecule has 0 aliphatic rings. The van der Waals surface area contributed by atoms with E-state index < -0.39 is 87.2 Å². The summed E-state index contributed by atoms with van der Waals surface area (Å²) in [6.45, 7) is 4.36.